The second kappa shape index (κ2) is 9.61. The lowest BCUT2D eigenvalue weighted by atomic mass is 9.93. The molecular weight excluding hydrogens is 577 g/mol. The third-order valence-corrected chi connectivity index (χ3v) is 5.58. The molecule has 0 bridgehead atoms. The van der Waals surface area contributed by atoms with Crippen LogP contribution in [0.5, 0.6) is 0 Å². The molecule has 3 amide bonds. The van der Waals surface area contributed by atoms with Crippen LogP contribution in [0.4, 0.5) is 64.9 Å². The number of carbonyl (C=O) groups excluding carboxylic acids is 2. The van der Waals surface area contributed by atoms with E-state index in [9.17, 15) is 57.9 Å². The SMILES string of the molecule is CC1(C)CN(c2ncc(C(=O)NC(c3ccc(F)c(C(F)(F)F)c3)C(F)(F)C(F)(F)C(F)(F)F)c(N)n2)C(=O)N1. The van der Waals surface area contributed by atoms with Gasteiger partial charge in [-0.05, 0) is 31.5 Å². The van der Waals surface area contributed by atoms with E-state index in [1.807, 2.05) is 0 Å². The number of benzene rings is 1. The van der Waals surface area contributed by atoms with Gasteiger partial charge in [0.2, 0.25) is 5.95 Å². The Bertz CT molecular complexity index is 1330. The summed E-state index contributed by atoms with van der Waals surface area (Å²) in [7, 11) is 0. The number of rotatable bonds is 6. The van der Waals surface area contributed by atoms with E-state index in [2.05, 4.69) is 15.3 Å². The minimum atomic E-state index is -6.93. The third kappa shape index (κ3) is 5.53. The number of amides is 3. The number of anilines is 2. The number of aromatic nitrogens is 2. The average Bonchev–Trinajstić information content (AvgIpc) is 3.08. The maximum absolute atomic E-state index is 14.8. The summed E-state index contributed by atoms with van der Waals surface area (Å²) >= 11 is 0. The van der Waals surface area contributed by atoms with Gasteiger partial charge in [0.1, 0.15) is 17.7 Å². The van der Waals surface area contributed by atoms with Crippen molar-refractivity contribution in [2.75, 3.05) is 17.2 Å². The molecule has 1 aromatic carbocycles. The van der Waals surface area contributed by atoms with Gasteiger partial charge in [0, 0.05) is 6.20 Å². The lowest BCUT2D eigenvalue weighted by Crippen LogP contribution is -2.58. The summed E-state index contributed by atoms with van der Waals surface area (Å²) in [5.41, 5.74) is -0.0755. The van der Waals surface area contributed by atoms with Crippen LogP contribution in [0.3, 0.4) is 0 Å². The molecule has 2 aromatic rings. The van der Waals surface area contributed by atoms with Crippen LogP contribution in [0.1, 0.15) is 41.4 Å². The molecule has 19 heteroatoms. The molecule has 1 unspecified atom stereocenters. The van der Waals surface area contributed by atoms with Gasteiger partial charge < -0.3 is 16.4 Å². The zero-order chi connectivity index (χ0) is 30.6. The van der Waals surface area contributed by atoms with Crippen LogP contribution >= 0.6 is 0 Å². The number of alkyl halides is 10. The fourth-order valence-corrected chi connectivity index (χ4v) is 3.62. The molecule has 1 saturated heterocycles. The molecule has 4 N–H and O–H groups in total. The van der Waals surface area contributed by atoms with Crippen molar-refractivity contribution in [1.82, 2.24) is 20.6 Å². The van der Waals surface area contributed by atoms with Gasteiger partial charge in [-0.2, -0.15) is 48.9 Å². The summed E-state index contributed by atoms with van der Waals surface area (Å²) < 4.78 is 149. The van der Waals surface area contributed by atoms with Crippen LogP contribution in [-0.4, -0.2) is 52.0 Å². The van der Waals surface area contributed by atoms with Crippen LogP contribution in [0, 0.1) is 5.82 Å². The van der Waals surface area contributed by atoms with Crippen molar-refractivity contribution in [3.8, 4) is 0 Å². The molecule has 0 aliphatic carbocycles. The number of halogens is 11. The second-order valence-electron chi connectivity index (χ2n) is 9.21. The predicted octanol–water partition coefficient (Wildman–Crippen LogP) is 4.83. The Morgan fingerprint density at radius 2 is 1.70 bits per heavy atom. The molecule has 3 rings (SSSR count). The van der Waals surface area contributed by atoms with Gasteiger partial charge in [-0.15, -0.1) is 0 Å². The molecular formula is C21H17F11N6O2. The van der Waals surface area contributed by atoms with E-state index >= 15 is 0 Å². The lowest BCUT2D eigenvalue weighted by molar-refractivity contribution is -0.360. The van der Waals surface area contributed by atoms with E-state index in [1.54, 1.807) is 13.8 Å². The maximum atomic E-state index is 14.8. The van der Waals surface area contributed by atoms with E-state index < -0.39 is 88.1 Å². The molecule has 1 aliphatic heterocycles. The van der Waals surface area contributed by atoms with Crippen LogP contribution in [0.25, 0.3) is 0 Å². The first-order valence-corrected chi connectivity index (χ1v) is 10.7. The molecule has 1 aromatic heterocycles. The number of hydrogen-bond donors (Lipinski definition) is 3. The molecule has 1 fully saturated rings. The molecule has 0 spiro atoms. The summed E-state index contributed by atoms with van der Waals surface area (Å²) in [5, 5.41) is 3.64. The molecule has 0 radical (unpaired) electrons. The van der Waals surface area contributed by atoms with E-state index in [0.29, 0.717) is 6.20 Å². The van der Waals surface area contributed by atoms with Crippen molar-refractivity contribution >= 4 is 23.7 Å². The number of hydrogen-bond acceptors (Lipinski definition) is 5. The number of nitrogens with two attached hydrogens (primary N) is 1. The van der Waals surface area contributed by atoms with Crippen LogP contribution in [-0.2, 0) is 6.18 Å². The minimum absolute atomic E-state index is 0.0102. The zero-order valence-corrected chi connectivity index (χ0v) is 20.0. The van der Waals surface area contributed by atoms with Gasteiger partial charge in [-0.1, -0.05) is 6.07 Å². The van der Waals surface area contributed by atoms with Crippen LogP contribution in [0.2, 0.25) is 0 Å². The Morgan fingerprint density at radius 1 is 1.10 bits per heavy atom. The standard InChI is InChI=1S/C21H17F11N6O2/c1-17(2)7-38(16(40)37-17)15-34-6-9(13(33)36-15)14(39)35-12(18(23,24)20(28,29)21(30,31)32)8-3-4-11(22)10(5-8)19(25,26)27/h3-6,12H,7H2,1-2H3,(H,35,39)(H,37,40)(H2,33,34,36). The second-order valence-corrected chi connectivity index (χ2v) is 9.21. The van der Waals surface area contributed by atoms with Crippen molar-refractivity contribution in [2.24, 2.45) is 0 Å². The largest absolute Gasteiger partial charge is 0.459 e. The summed E-state index contributed by atoms with van der Waals surface area (Å²) in [5.74, 6) is -18.5. The molecule has 0 saturated carbocycles. The Balaban J connectivity index is 2.07. The third-order valence-electron chi connectivity index (χ3n) is 5.58. The van der Waals surface area contributed by atoms with Crippen molar-refractivity contribution in [1.29, 1.82) is 0 Å². The van der Waals surface area contributed by atoms with Gasteiger partial charge in [-0.25, -0.2) is 14.2 Å². The quantitative estimate of drug-likeness (QED) is 0.415. The van der Waals surface area contributed by atoms with Crippen molar-refractivity contribution in [3.63, 3.8) is 0 Å². The van der Waals surface area contributed by atoms with Gasteiger partial charge in [-0.3, -0.25) is 9.69 Å². The monoisotopic (exact) mass is 594 g/mol. The van der Waals surface area contributed by atoms with E-state index in [4.69, 9.17) is 5.73 Å². The van der Waals surface area contributed by atoms with Gasteiger partial charge in [0.15, 0.2) is 0 Å². The first kappa shape index (κ1) is 30.6. The molecule has 8 nitrogen and oxygen atoms in total. The smallest absolute Gasteiger partial charge is 0.383 e. The molecule has 1 aliphatic rings. The molecule has 40 heavy (non-hydrogen) atoms. The number of nitrogens with zero attached hydrogens (tertiary/aromatic N) is 3. The lowest BCUT2D eigenvalue weighted by Gasteiger charge is -2.35. The molecule has 2 heterocycles. The van der Waals surface area contributed by atoms with Crippen LogP contribution in [0.15, 0.2) is 24.4 Å². The van der Waals surface area contributed by atoms with Gasteiger partial charge in [0.05, 0.1) is 23.2 Å². The predicted molar refractivity (Wildman–Crippen MR) is 114 cm³/mol. The van der Waals surface area contributed by atoms with Crippen molar-refractivity contribution < 1.29 is 57.9 Å². The van der Waals surface area contributed by atoms with Crippen molar-refractivity contribution in [3.05, 3.63) is 46.9 Å². The summed E-state index contributed by atoms with van der Waals surface area (Å²) in [4.78, 5) is 33.0. The first-order chi connectivity index (χ1) is 18.0. The highest BCUT2D eigenvalue weighted by molar-refractivity contribution is 5.99. The van der Waals surface area contributed by atoms with E-state index in [0.717, 1.165) is 10.2 Å². The Hall–Kier alpha value is -3.93. The van der Waals surface area contributed by atoms with Gasteiger partial charge >= 0.3 is 30.2 Å². The summed E-state index contributed by atoms with van der Waals surface area (Å²) in [6, 6.07) is -4.99. The first-order valence-electron chi connectivity index (χ1n) is 10.7. The van der Waals surface area contributed by atoms with Crippen LogP contribution < -0.4 is 21.3 Å². The topological polar surface area (TPSA) is 113 Å². The molecule has 220 valence electrons. The Labute approximate surface area is 216 Å². The zero-order valence-electron chi connectivity index (χ0n) is 20.0. The average molecular weight is 594 g/mol. The fraction of sp³-hybridized carbons (Fsp3) is 0.429. The van der Waals surface area contributed by atoms with E-state index in [1.165, 1.54) is 0 Å². The van der Waals surface area contributed by atoms with Gasteiger partial charge in [0.25, 0.3) is 5.91 Å². The molecule has 1 atom stereocenters. The van der Waals surface area contributed by atoms with Crippen molar-refractivity contribution in [2.45, 2.75) is 49.6 Å². The Kier molecular flexibility index (Phi) is 7.36. The highest BCUT2D eigenvalue weighted by atomic mass is 19.4. The Morgan fingerprint density at radius 3 is 2.17 bits per heavy atom. The maximum Gasteiger partial charge on any atom is 0.459 e. The summed E-state index contributed by atoms with van der Waals surface area (Å²) in [6.07, 6.45) is -12.0. The highest BCUT2D eigenvalue weighted by Gasteiger charge is 2.75. The number of nitrogen functional groups attached to an aromatic ring is 1. The minimum Gasteiger partial charge on any atom is -0.383 e. The highest BCUT2D eigenvalue weighted by Crippen LogP contribution is 2.52. The summed E-state index contributed by atoms with van der Waals surface area (Å²) in [6.45, 7) is 3.23. The normalized spacial score (nSPS) is 17.0. The number of urea groups is 1. The number of nitrogens with one attached hydrogen (secondary N) is 2. The number of carbonyl (C=O) groups is 2. The van der Waals surface area contributed by atoms with E-state index in [-0.39, 0.29) is 18.7 Å². The fourth-order valence-electron chi connectivity index (χ4n) is 3.62.